The van der Waals surface area contributed by atoms with Crippen molar-refractivity contribution in [3.05, 3.63) is 48.6 Å². The van der Waals surface area contributed by atoms with E-state index in [2.05, 4.69) is 48.6 Å². The fourth-order valence-electron chi connectivity index (χ4n) is 1.08. The molecule has 64 valence electrons. The van der Waals surface area contributed by atoms with E-state index in [1.165, 1.54) is 0 Å². The van der Waals surface area contributed by atoms with Crippen LogP contribution >= 0.6 is 0 Å². The molecule has 0 radical (unpaired) electrons. The molecule has 1 aliphatic rings. The molecule has 0 bridgehead atoms. The van der Waals surface area contributed by atoms with Gasteiger partial charge in [0.25, 0.3) is 0 Å². The number of hydrogen-bond donors (Lipinski definition) is 0. The Kier molecular flexibility index (Phi) is 5.02. The van der Waals surface area contributed by atoms with E-state index >= 15 is 0 Å². The van der Waals surface area contributed by atoms with Crippen molar-refractivity contribution in [2.45, 2.75) is 25.7 Å². The molecular formula is C12H16. The van der Waals surface area contributed by atoms with E-state index in [1.807, 2.05) is 0 Å². The molecule has 0 amide bonds. The summed E-state index contributed by atoms with van der Waals surface area (Å²) in [4.78, 5) is 0. The van der Waals surface area contributed by atoms with Gasteiger partial charge in [-0.15, -0.1) is 0 Å². The van der Waals surface area contributed by atoms with E-state index in [0.29, 0.717) is 0 Å². The summed E-state index contributed by atoms with van der Waals surface area (Å²) in [5, 5.41) is 0. The fourth-order valence-corrected chi connectivity index (χ4v) is 1.08. The molecule has 0 aromatic heterocycles. The first-order valence-corrected chi connectivity index (χ1v) is 4.63. The van der Waals surface area contributed by atoms with Crippen molar-refractivity contribution in [3.8, 4) is 0 Å². The van der Waals surface area contributed by atoms with E-state index < -0.39 is 0 Å². The van der Waals surface area contributed by atoms with Crippen LogP contribution in [-0.2, 0) is 0 Å². The van der Waals surface area contributed by atoms with Crippen LogP contribution in [0.15, 0.2) is 48.6 Å². The zero-order chi connectivity index (χ0) is 8.49. The zero-order valence-electron chi connectivity index (χ0n) is 7.45. The Morgan fingerprint density at radius 2 is 0.667 bits per heavy atom. The highest BCUT2D eigenvalue weighted by Crippen LogP contribution is 1.98. The van der Waals surface area contributed by atoms with E-state index in [9.17, 15) is 0 Å². The van der Waals surface area contributed by atoms with Crippen LogP contribution in [0.4, 0.5) is 0 Å². The van der Waals surface area contributed by atoms with Crippen molar-refractivity contribution in [2.75, 3.05) is 0 Å². The molecule has 0 spiro atoms. The maximum atomic E-state index is 2.21. The summed E-state index contributed by atoms with van der Waals surface area (Å²) in [6.45, 7) is 0. The molecule has 0 fully saturated rings. The molecule has 0 heteroatoms. The third-order valence-corrected chi connectivity index (χ3v) is 1.77. The lowest BCUT2D eigenvalue weighted by atomic mass is 10.2. The minimum absolute atomic E-state index is 1.15. The first-order chi connectivity index (χ1) is 6.00. The molecule has 1 rings (SSSR count). The Morgan fingerprint density at radius 3 is 0.917 bits per heavy atom. The molecule has 0 nitrogen and oxygen atoms in total. The molecule has 0 unspecified atom stereocenters. The van der Waals surface area contributed by atoms with Crippen LogP contribution in [0.1, 0.15) is 25.7 Å². The van der Waals surface area contributed by atoms with Gasteiger partial charge in [0.2, 0.25) is 0 Å². The van der Waals surface area contributed by atoms with Gasteiger partial charge in [0.15, 0.2) is 0 Å². The van der Waals surface area contributed by atoms with Crippen molar-refractivity contribution in [3.63, 3.8) is 0 Å². The number of allylic oxidation sites excluding steroid dienone is 8. The molecule has 0 aromatic carbocycles. The van der Waals surface area contributed by atoms with Gasteiger partial charge >= 0.3 is 0 Å². The molecule has 0 N–H and O–H groups in total. The summed E-state index contributed by atoms with van der Waals surface area (Å²) >= 11 is 0. The molecule has 0 atom stereocenters. The van der Waals surface area contributed by atoms with Crippen molar-refractivity contribution in [1.82, 2.24) is 0 Å². The van der Waals surface area contributed by atoms with Gasteiger partial charge in [0, 0.05) is 0 Å². The smallest absolute Gasteiger partial charge is 0.0313 e. The molecule has 0 aliphatic heterocycles. The summed E-state index contributed by atoms with van der Waals surface area (Å²) in [6, 6.07) is 0. The normalized spacial score (nSPS) is 24.0. The topological polar surface area (TPSA) is 0 Å². The highest BCUT2D eigenvalue weighted by Gasteiger charge is 1.78. The average molecular weight is 160 g/mol. The summed E-state index contributed by atoms with van der Waals surface area (Å²) < 4.78 is 0. The van der Waals surface area contributed by atoms with Crippen LogP contribution < -0.4 is 0 Å². The maximum Gasteiger partial charge on any atom is -0.0313 e. The molecule has 0 aromatic rings. The molecule has 1 aliphatic carbocycles. The van der Waals surface area contributed by atoms with E-state index in [-0.39, 0.29) is 0 Å². The minimum Gasteiger partial charge on any atom is -0.0842 e. The van der Waals surface area contributed by atoms with Crippen LogP contribution in [0.3, 0.4) is 0 Å². The van der Waals surface area contributed by atoms with Crippen molar-refractivity contribution >= 4 is 0 Å². The Balaban J connectivity index is 2.40. The molecule has 0 saturated carbocycles. The second-order valence-electron chi connectivity index (χ2n) is 2.87. The van der Waals surface area contributed by atoms with Gasteiger partial charge in [-0.05, 0) is 25.7 Å². The lowest BCUT2D eigenvalue weighted by Crippen LogP contribution is -1.67. The van der Waals surface area contributed by atoms with Crippen LogP contribution in [-0.4, -0.2) is 0 Å². The maximum absolute atomic E-state index is 2.21. The molecule has 0 saturated heterocycles. The fraction of sp³-hybridized carbons (Fsp3) is 0.333. The van der Waals surface area contributed by atoms with Crippen LogP contribution in [0.25, 0.3) is 0 Å². The summed E-state index contributed by atoms with van der Waals surface area (Å²) in [5.74, 6) is 0. The van der Waals surface area contributed by atoms with Gasteiger partial charge in [-0.2, -0.15) is 0 Å². The largest absolute Gasteiger partial charge is 0.0842 e. The Hall–Kier alpha value is -1.04. The van der Waals surface area contributed by atoms with Crippen LogP contribution in [0, 0.1) is 0 Å². The molecule has 12 heavy (non-hydrogen) atoms. The molecule has 0 heterocycles. The predicted octanol–water partition coefficient (Wildman–Crippen LogP) is 3.79. The zero-order valence-corrected chi connectivity index (χ0v) is 7.45. The Bertz CT molecular complexity index is 156. The van der Waals surface area contributed by atoms with E-state index in [0.717, 1.165) is 25.7 Å². The standard InChI is InChI=1S/C12H16/c1-2-4-6-8-10-12-11-9-7-5-3-1/h1-4,9-12H,5-8H2/b3-1-,4-2+,11-9?,12-10?. The third kappa shape index (κ3) is 4.73. The first-order valence-electron chi connectivity index (χ1n) is 4.63. The summed E-state index contributed by atoms with van der Waals surface area (Å²) in [7, 11) is 0. The third-order valence-electron chi connectivity index (χ3n) is 1.77. The SMILES string of the molecule is C1=CCC/C=C\C=C\CCC=C1. The van der Waals surface area contributed by atoms with Gasteiger partial charge in [-0.3, -0.25) is 0 Å². The summed E-state index contributed by atoms with van der Waals surface area (Å²) in [5.41, 5.74) is 0. The quantitative estimate of drug-likeness (QED) is 0.506. The minimum atomic E-state index is 1.15. The van der Waals surface area contributed by atoms with Gasteiger partial charge < -0.3 is 0 Å². The summed E-state index contributed by atoms with van der Waals surface area (Å²) in [6.07, 6.45) is 22.0. The van der Waals surface area contributed by atoms with Gasteiger partial charge in [0.1, 0.15) is 0 Å². The van der Waals surface area contributed by atoms with Gasteiger partial charge in [0.05, 0.1) is 0 Å². The Labute approximate surface area is 75.0 Å². The number of hydrogen-bond acceptors (Lipinski definition) is 0. The highest BCUT2D eigenvalue weighted by molar-refractivity contribution is 5.07. The van der Waals surface area contributed by atoms with E-state index in [1.54, 1.807) is 0 Å². The van der Waals surface area contributed by atoms with Crippen LogP contribution in [0.5, 0.6) is 0 Å². The second kappa shape index (κ2) is 6.66. The highest BCUT2D eigenvalue weighted by atomic mass is 13.8. The van der Waals surface area contributed by atoms with Crippen LogP contribution in [0.2, 0.25) is 0 Å². The predicted molar refractivity (Wildman–Crippen MR) is 55.0 cm³/mol. The van der Waals surface area contributed by atoms with Crippen molar-refractivity contribution < 1.29 is 0 Å². The first kappa shape index (κ1) is 9.05. The van der Waals surface area contributed by atoms with E-state index in [4.69, 9.17) is 0 Å². The number of rotatable bonds is 0. The Morgan fingerprint density at radius 1 is 0.417 bits per heavy atom. The second-order valence-corrected chi connectivity index (χ2v) is 2.87. The lowest BCUT2D eigenvalue weighted by molar-refractivity contribution is 1.04. The van der Waals surface area contributed by atoms with Crippen molar-refractivity contribution in [2.24, 2.45) is 0 Å². The van der Waals surface area contributed by atoms with Crippen molar-refractivity contribution in [1.29, 1.82) is 0 Å². The average Bonchev–Trinajstić information content (AvgIpc) is 2.05. The lowest BCUT2D eigenvalue weighted by Gasteiger charge is -1.88. The monoisotopic (exact) mass is 160 g/mol. The van der Waals surface area contributed by atoms with Gasteiger partial charge in [-0.1, -0.05) is 48.6 Å². The molecular weight excluding hydrogens is 144 g/mol. The van der Waals surface area contributed by atoms with Gasteiger partial charge in [-0.25, -0.2) is 0 Å².